The van der Waals surface area contributed by atoms with E-state index in [1.807, 2.05) is 30.3 Å². The predicted octanol–water partition coefficient (Wildman–Crippen LogP) is 0.710. The van der Waals surface area contributed by atoms with Crippen molar-refractivity contribution in [2.45, 2.75) is 6.10 Å². The molecule has 1 aliphatic rings. The smallest absolute Gasteiger partial charge is 0.253 e. The van der Waals surface area contributed by atoms with Crippen molar-refractivity contribution in [2.24, 2.45) is 5.92 Å². The standard InChI is InChI=1S/C13H18N2O2/c1-17-12(11-5-3-2-4-6-11)13(16)15-9-10-7-14-8-10/h2-6,10,12,14H,7-9H2,1H3,(H,15,16). The summed E-state index contributed by atoms with van der Waals surface area (Å²) >= 11 is 0. The molecule has 0 saturated carbocycles. The average molecular weight is 234 g/mol. The molecule has 1 unspecified atom stereocenters. The first-order chi connectivity index (χ1) is 8.31. The zero-order valence-corrected chi connectivity index (χ0v) is 9.98. The van der Waals surface area contributed by atoms with Gasteiger partial charge in [0.25, 0.3) is 5.91 Å². The lowest BCUT2D eigenvalue weighted by atomic mass is 10.0. The molecule has 2 rings (SSSR count). The van der Waals surface area contributed by atoms with Gasteiger partial charge in [0.15, 0.2) is 6.10 Å². The maximum Gasteiger partial charge on any atom is 0.253 e. The summed E-state index contributed by atoms with van der Waals surface area (Å²) in [7, 11) is 1.56. The zero-order chi connectivity index (χ0) is 12.1. The third-order valence-electron chi connectivity index (χ3n) is 3.01. The zero-order valence-electron chi connectivity index (χ0n) is 9.98. The molecule has 1 atom stereocenters. The molecule has 0 bridgehead atoms. The van der Waals surface area contributed by atoms with Crippen molar-refractivity contribution in [3.63, 3.8) is 0 Å². The van der Waals surface area contributed by atoms with Crippen LogP contribution in [-0.4, -0.2) is 32.7 Å². The summed E-state index contributed by atoms with van der Waals surface area (Å²) in [6.07, 6.45) is -0.510. The molecule has 1 aliphatic heterocycles. The van der Waals surface area contributed by atoms with Gasteiger partial charge in [-0.1, -0.05) is 30.3 Å². The monoisotopic (exact) mass is 234 g/mol. The van der Waals surface area contributed by atoms with E-state index < -0.39 is 6.10 Å². The first kappa shape index (κ1) is 12.1. The average Bonchev–Trinajstić information content (AvgIpc) is 2.29. The van der Waals surface area contributed by atoms with Gasteiger partial charge in [0.05, 0.1) is 0 Å². The predicted molar refractivity (Wildman–Crippen MR) is 65.6 cm³/mol. The minimum atomic E-state index is -0.510. The van der Waals surface area contributed by atoms with E-state index in [0.29, 0.717) is 5.92 Å². The third-order valence-corrected chi connectivity index (χ3v) is 3.01. The van der Waals surface area contributed by atoms with Gasteiger partial charge in [0.1, 0.15) is 0 Å². The molecule has 0 aromatic heterocycles. The van der Waals surface area contributed by atoms with Crippen molar-refractivity contribution in [2.75, 3.05) is 26.7 Å². The van der Waals surface area contributed by atoms with Crippen LogP contribution in [0, 0.1) is 5.92 Å². The second-order valence-electron chi connectivity index (χ2n) is 4.30. The highest BCUT2D eigenvalue weighted by Crippen LogP contribution is 2.16. The number of carbonyl (C=O) groups excluding carboxylic acids is 1. The molecule has 0 radical (unpaired) electrons. The lowest BCUT2D eigenvalue weighted by Gasteiger charge is -2.27. The number of ether oxygens (including phenoxy) is 1. The molecule has 1 heterocycles. The molecular weight excluding hydrogens is 216 g/mol. The topological polar surface area (TPSA) is 50.4 Å². The fourth-order valence-electron chi connectivity index (χ4n) is 1.85. The highest BCUT2D eigenvalue weighted by Gasteiger charge is 2.22. The van der Waals surface area contributed by atoms with E-state index in [0.717, 1.165) is 25.2 Å². The molecule has 4 heteroatoms. The Balaban J connectivity index is 1.90. The molecule has 1 fully saturated rings. The Hall–Kier alpha value is -1.39. The minimum Gasteiger partial charge on any atom is -0.367 e. The Morgan fingerprint density at radius 2 is 2.18 bits per heavy atom. The Labute approximate surface area is 101 Å². The molecule has 17 heavy (non-hydrogen) atoms. The number of methoxy groups -OCH3 is 1. The lowest BCUT2D eigenvalue weighted by Crippen LogP contribution is -2.48. The molecule has 4 nitrogen and oxygen atoms in total. The fraction of sp³-hybridized carbons (Fsp3) is 0.462. The summed E-state index contributed by atoms with van der Waals surface area (Å²) < 4.78 is 5.25. The Morgan fingerprint density at radius 3 is 2.71 bits per heavy atom. The van der Waals surface area contributed by atoms with Crippen LogP contribution in [0.2, 0.25) is 0 Å². The van der Waals surface area contributed by atoms with Crippen molar-refractivity contribution in [3.8, 4) is 0 Å². The molecular formula is C13H18N2O2. The lowest BCUT2D eigenvalue weighted by molar-refractivity contribution is -0.131. The minimum absolute atomic E-state index is 0.0643. The van der Waals surface area contributed by atoms with E-state index in [2.05, 4.69) is 10.6 Å². The fourth-order valence-corrected chi connectivity index (χ4v) is 1.85. The number of hydrogen-bond donors (Lipinski definition) is 2. The number of hydrogen-bond acceptors (Lipinski definition) is 3. The summed E-state index contributed by atoms with van der Waals surface area (Å²) in [5.41, 5.74) is 0.888. The second kappa shape index (κ2) is 5.80. The van der Waals surface area contributed by atoms with Crippen molar-refractivity contribution >= 4 is 5.91 Å². The van der Waals surface area contributed by atoms with Gasteiger partial charge in [0.2, 0.25) is 0 Å². The summed E-state index contributed by atoms with van der Waals surface area (Å²) in [6.45, 7) is 2.70. The highest BCUT2D eigenvalue weighted by molar-refractivity contribution is 5.82. The van der Waals surface area contributed by atoms with Gasteiger partial charge in [0, 0.05) is 32.7 Å². The number of amides is 1. The van der Waals surface area contributed by atoms with E-state index >= 15 is 0 Å². The van der Waals surface area contributed by atoms with Crippen molar-refractivity contribution in [1.82, 2.24) is 10.6 Å². The Bertz CT molecular complexity index is 363. The van der Waals surface area contributed by atoms with E-state index in [1.54, 1.807) is 7.11 Å². The van der Waals surface area contributed by atoms with E-state index in [-0.39, 0.29) is 5.91 Å². The second-order valence-corrected chi connectivity index (χ2v) is 4.30. The van der Waals surface area contributed by atoms with Crippen LogP contribution in [0.15, 0.2) is 30.3 Å². The number of nitrogens with one attached hydrogen (secondary N) is 2. The molecule has 1 aromatic carbocycles. The van der Waals surface area contributed by atoms with Crippen LogP contribution in [0.3, 0.4) is 0 Å². The Kier molecular flexibility index (Phi) is 4.12. The molecule has 92 valence electrons. The molecule has 1 aromatic rings. The first-order valence-electron chi connectivity index (χ1n) is 5.87. The van der Waals surface area contributed by atoms with Crippen LogP contribution in [0.25, 0.3) is 0 Å². The first-order valence-corrected chi connectivity index (χ1v) is 5.87. The summed E-state index contributed by atoms with van der Waals surface area (Å²) in [4.78, 5) is 12.0. The van der Waals surface area contributed by atoms with E-state index in [9.17, 15) is 4.79 Å². The van der Waals surface area contributed by atoms with Gasteiger partial charge in [-0.25, -0.2) is 0 Å². The quantitative estimate of drug-likeness (QED) is 0.789. The summed E-state index contributed by atoms with van der Waals surface area (Å²) in [6, 6.07) is 9.54. The Morgan fingerprint density at radius 1 is 1.47 bits per heavy atom. The highest BCUT2D eigenvalue weighted by atomic mass is 16.5. The van der Waals surface area contributed by atoms with Crippen LogP contribution < -0.4 is 10.6 Å². The number of rotatable bonds is 5. The van der Waals surface area contributed by atoms with Crippen LogP contribution >= 0.6 is 0 Å². The van der Waals surface area contributed by atoms with Gasteiger partial charge in [-0.15, -0.1) is 0 Å². The summed E-state index contributed by atoms with van der Waals surface area (Å²) in [5.74, 6) is 0.498. The van der Waals surface area contributed by atoms with E-state index in [4.69, 9.17) is 4.74 Å². The molecule has 1 saturated heterocycles. The molecule has 2 N–H and O–H groups in total. The van der Waals surface area contributed by atoms with Crippen LogP contribution in [0.1, 0.15) is 11.7 Å². The maximum absolute atomic E-state index is 12.0. The summed E-state index contributed by atoms with van der Waals surface area (Å²) in [5, 5.41) is 6.11. The third kappa shape index (κ3) is 3.05. The van der Waals surface area contributed by atoms with Gasteiger partial charge in [-0.3, -0.25) is 4.79 Å². The van der Waals surface area contributed by atoms with Gasteiger partial charge in [-0.2, -0.15) is 0 Å². The molecule has 0 spiro atoms. The van der Waals surface area contributed by atoms with Crippen molar-refractivity contribution in [3.05, 3.63) is 35.9 Å². The van der Waals surface area contributed by atoms with Crippen molar-refractivity contribution in [1.29, 1.82) is 0 Å². The van der Waals surface area contributed by atoms with Gasteiger partial charge >= 0.3 is 0 Å². The van der Waals surface area contributed by atoms with E-state index in [1.165, 1.54) is 0 Å². The number of carbonyl (C=O) groups is 1. The SMILES string of the molecule is COC(C(=O)NCC1CNC1)c1ccccc1. The molecule has 0 aliphatic carbocycles. The largest absolute Gasteiger partial charge is 0.367 e. The maximum atomic E-state index is 12.0. The van der Waals surface area contributed by atoms with Crippen LogP contribution in [-0.2, 0) is 9.53 Å². The molecule has 1 amide bonds. The van der Waals surface area contributed by atoms with Crippen LogP contribution in [0.4, 0.5) is 0 Å². The number of benzene rings is 1. The van der Waals surface area contributed by atoms with Gasteiger partial charge < -0.3 is 15.4 Å². The van der Waals surface area contributed by atoms with Crippen LogP contribution in [0.5, 0.6) is 0 Å². The van der Waals surface area contributed by atoms with Crippen molar-refractivity contribution < 1.29 is 9.53 Å². The van der Waals surface area contributed by atoms with Gasteiger partial charge in [-0.05, 0) is 5.56 Å². The normalized spacial score (nSPS) is 17.2.